The number of rotatable bonds is 2. The van der Waals surface area contributed by atoms with E-state index in [1.54, 1.807) is 0 Å². The fraction of sp³-hybridized carbons (Fsp3) is 1.00. The van der Waals surface area contributed by atoms with Crippen molar-refractivity contribution in [2.24, 2.45) is 5.92 Å². The van der Waals surface area contributed by atoms with Crippen molar-refractivity contribution in [1.29, 1.82) is 0 Å². The van der Waals surface area contributed by atoms with Crippen LogP contribution >= 0.6 is 0 Å². The first-order chi connectivity index (χ1) is 7.81. The lowest BCUT2D eigenvalue weighted by Crippen LogP contribution is -2.56. The number of hydrogen-bond donors (Lipinski definition) is 1. The summed E-state index contributed by atoms with van der Waals surface area (Å²) >= 11 is 0. The second-order valence-corrected chi connectivity index (χ2v) is 5.66. The number of fused-ring (bicyclic) bond motifs is 2. The van der Waals surface area contributed by atoms with Gasteiger partial charge >= 0.3 is 0 Å². The van der Waals surface area contributed by atoms with Gasteiger partial charge in [-0.15, -0.1) is 0 Å². The maximum absolute atomic E-state index is 3.79. The number of likely N-dealkylation sites (N-methyl/N-ethyl adjacent to an activating group) is 1. The van der Waals surface area contributed by atoms with E-state index in [9.17, 15) is 0 Å². The minimum Gasteiger partial charge on any atom is -0.304 e. The van der Waals surface area contributed by atoms with E-state index < -0.39 is 0 Å². The van der Waals surface area contributed by atoms with E-state index in [0.717, 1.165) is 12.0 Å². The topological polar surface area (TPSA) is 21.8 Å². The average molecular weight is 224 g/mol. The van der Waals surface area contributed by atoms with Crippen molar-refractivity contribution in [2.75, 3.05) is 52.9 Å². The predicted octanol–water partition coefficient (Wildman–Crippen LogP) is -0.167. The normalized spacial score (nSPS) is 41.4. The number of piperidine rings is 1. The van der Waals surface area contributed by atoms with E-state index in [2.05, 4.69) is 27.3 Å². The molecule has 0 aromatic heterocycles. The largest absolute Gasteiger partial charge is 0.304 e. The molecule has 16 heavy (non-hydrogen) atoms. The highest BCUT2D eigenvalue weighted by atomic mass is 15.5. The lowest BCUT2D eigenvalue weighted by atomic mass is 9.95. The molecule has 0 aromatic carbocycles. The SMILES string of the molecule is CN1CCN(NC2CCN3CCC2C3)CC1. The van der Waals surface area contributed by atoms with Crippen LogP contribution in [0.5, 0.6) is 0 Å². The van der Waals surface area contributed by atoms with Crippen LogP contribution in [-0.2, 0) is 0 Å². The summed E-state index contributed by atoms with van der Waals surface area (Å²) in [6.45, 7) is 8.76. The fourth-order valence-corrected chi connectivity index (χ4v) is 3.29. The molecular weight excluding hydrogens is 200 g/mol. The van der Waals surface area contributed by atoms with Gasteiger partial charge < -0.3 is 9.80 Å². The van der Waals surface area contributed by atoms with E-state index >= 15 is 0 Å². The van der Waals surface area contributed by atoms with Crippen LogP contribution in [0, 0.1) is 5.92 Å². The highest BCUT2D eigenvalue weighted by molar-refractivity contribution is 4.90. The molecule has 3 atom stereocenters. The standard InChI is InChI=1S/C12H24N4/c1-14-6-8-16(9-7-14)13-12-3-5-15-4-2-11(12)10-15/h11-13H,2-10H2,1H3. The first kappa shape index (κ1) is 11.0. The van der Waals surface area contributed by atoms with Gasteiger partial charge in [0, 0.05) is 38.8 Å². The zero-order chi connectivity index (χ0) is 11.0. The van der Waals surface area contributed by atoms with Gasteiger partial charge in [-0.1, -0.05) is 0 Å². The maximum atomic E-state index is 3.79. The Morgan fingerprint density at radius 3 is 2.50 bits per heavy atom. The highest BCUT2D eigenvalue weighted by Crippen LogP contribution is 2.27. The van der Waals surface area contributed by atoms with E-state index in [1.165, 1.54) is 58.7 Å². The number of piperazine rings is 1. The Hall–Kier alpha value is -0.160. The molecule has 4 heteroatoms. The van der Waals surface area contributed by atoms with Crippen LogP contribution in [0.15, 0.2) is 0 Å². The molecule has 0 radical (unpaired) electrons. The van der Waals surface area contributed by atoms with E-state index in [4.69, 9.17) is 0 Å². The molecule has 3 saturated heterocycles. The molecule has 0 saturated carbocycles. The Morgan fingerprint density at radius 2 is 1.69 bits per heavy atom. The van der Waals surface area contributed by atoms with Gasteiger partial charge in [-0.3, -0.25) is 5.43 Å². The Kier molecular flexibility index (Phi) is 3.16. The minimum atomic E-state index is 0.752. The average Bonchev–Trinajstić information content (AvgIpc) is 2.69. The van der Waals surface area contributed by atoms with Gasteiger partial charge in [-0.25, -0.2) is 5.01 Å². The Labute approximate surface area is 98.5 Å². The maximum Gasteiger partial charge on any atom is 0.0268 e. The first-order valence-electron chi connectivity index (χ1n) is 6.73. The molecule has 0 aliphatic carbocycles. The van der Waals surface area contributed by atoms with Crippen molar-refractivity contribution in [3.05, 3.63) is 0 Å². The van der Waals surface area contributed by atoms with Crippen LogP contribution in [-0.4, -0.2) is 73.7 Å². The fourth-order valence-electron chi connectivity index (χ4n) is 3.29. The van der Waals surface area contributed by atoms with Gasteiger partial charge in [0.2, 0.25) is 0 Å². The van der Waals surface area contributed by atoms with E-state index in [1.807, 2.05) is 0 Å². The van der Waals surface area contributed by atoms with Crippen molar-refractivity contribution in [3.63, 3.8) is 0 Å². The molecule has 3 unspecified atom stereocenters. The molecule has 0 amide bonds. The summed E-state index contributed by atoms with van der Waals surface area (Å²) in [5.41, 5.74) is 3.79. The van der Waals surface area contributed by atoms with E-state index in [0.29, 0.717) is 0 Å². The molecule has 3 rings (SSSR count). The summed E-state index contributed by atoms with van der Waals surface area (Å²) in [6.07, 6.45) is 2.75. The quantitative estimate of drug-likeness (QED) is 0.703. The van der Waals surface area contributed by atoms with Crippen LogP contribution in [0.3, 0.4) is 0 Å². The highest BCUT2D eigenvalue weighted by Gasteiger charge is 2.35. The third-order valence-corrected chi connectivity index (χ3v) is 4.49. The molecule has 92 valence electrons. The zero-order valence-electron chi connectivity index (χ0n) is 10.4. The monoisotopic (exact) mass is 224 g/mol. The van der Waals surface area contributed by atoms with Gasteiger partial charge in [-0.05, 0) is 38.9 Å². The van der Waals surface area contributed by atoms with Gasteiger partial charge in [-0.2, -0.15) is 0 Å². The van der Waals surface area contributed by atoms with Crippen LogP contribution in [0.25, 0.3) is 0 Å². The molecule has 0 aromatic rings. The molecule has 0 spiro atoms. The second kappa shape index (κ2) is 4.61. The smallest absolute Gasteiger partial charge is 0.0268 e. The van der Waals surface area contributed by atoms with Gasteiger partial charge in [0.05, 0.1) is 0 Å². The van der Waals surface area contributed by atoms with Crippen LogP contribution in [0.2, 0.25) is 0 Å². The summed E-state index contributed by atoms with van der Waals surface area (Å²) in [6, 6.07) is 0.752. The van der Waals surface area contributed by atoms with Crippen molar-refractivity contribution in [3.8, 4) is 0 Å². The zero-order valence-corrected chi connectivity index (χ0v) is 10.4. The molecule has 3 heterocycles. The van der Waals surface area contributed by atoms with Gasteiger partial charge in [0.25, 0.3) is 0 Å². The predicted molar refractivity (Wildman–Crippen MR) is 65.2 cm³/mol. The molecule has 3 aliphatic heterocycles. The molecular formula is C12H24N4. The Bertz CT molecular complexity index is 237. The van der Waals surface area contributed by atoms with Gasteiger partial charge in [0.1, 0.15) is 0 Å². The molecule has 3 aliphatic rings. The van der Waals surface area contributed by atoms with Crippen LogP contribution < -0.4 is 5.43 Å². The lowest BCUT2D eigenvalue weighted by molar-refractivity contribution is 0.0613. The summed E-state index contributed by atoms with van der Waals surface area (Å²) in [5.74, 6) is 0.911. The number of nitrogens with one attached hydrogen (secondary N) is 1. The van der Waals surface area contributed by atoms with Crippen molar-refractivity contribution < 1.29 is 0 Å². The molecule has 2 bridgehead atoms. The Morgan fingerprint density at radius 1 is 0.938 bits per heavy atom. The molecule has 3 fully saturated rings. The Balaban J connectivity index is 1.50. The summed E-state index contributed by atoms with van der Waals surface area (Å²) in [4.78, 5) is 5.03. The summed E-state index contributed by atoms with van der Waals surface area (Å²) in [5, 5.41) is 2.46. The van der Waals surface area contributed by atoms with Crippen molar-refractivity contribution >= 4 is 0 Å². The number of nitrogens with zero attached hydrogens (tertiary/aromatic N) is 3. The second-order valence-electron chi connectivity index (χ2n) is 5.66. The minimum absolute atomic E-state index is 0.752. The summed E-state index contributed by atoms with van der Waals surface area (Å²) in [7, 11) is 2.22. The van der Waals surface area contributed by atoms with Crippen molar-refractivity contribution in [2.45, 2.75) is 18.9 Å². The summed E-state index contributed by atoms with van der Waals surface area (Å²) < 4.78 is 0. The number of hydrogen-bond acceptors (Lipinski definition) is 4. The third kappa shape index (κ3) is 2.25. The van der Waals surface area contributed by atoms with Crippen LogP contribution in [0.4, 0.5) is 0 Å². The molecule has 1 N–H and O–H groups in total. The number of hydrazine groups is 1. The van der Waals surface area contributed by atoms with Gasteiger partial charge in [0.15, 0.2) is 0 Å². The third-order valence-electron chi connectivity index (χ3n) is 4.49. The van der Waals surface area contributed by atoms with Crippen LogP contribution in [0.1, 0.15) is 12.8 Å². The lowest BCUT2D eigenvalue weighted by Gasteiger charge is -2.39. The van der Waals surface area contributed by atoms with Crippen molar-refractivity contribution in [1.82, 2.24) is 20.2 Å². The first-order valence-corrected chi connectivity index (χ1v) is 6.73. The molecule has 4 nitrogen and oxygen atoms in total. The van der Waals surface area contributed by atoms with E-state index in [-0.39, 0.29) is 0 Å².